The molecule has 64 valence electrons. The first-order chi connectivity index (χ1) is 5.59. The van der Waals surface area contributed by atoms with E-state index in [1.807, 2.05) is 0 Å². The van der Waals surface area contributed by atoms with Gasteiger partial charge in [-0.1, -0.05) is 0 Å². The van der Waals surface area contributed by atoms with Gasteiger partial charge in [0.15, 0.2) is 5.01 Å². The molecule has 1 heterocycles. The monoisotopic (exact) mass is 185 g/mol. The van der Waals surface area contributed by atoms with E-state index in [0.29, 0.717) is 5.69 Å². The molecule has 1 aromatic heterocycles. The zero-order chi connectivity index (χ0) is 9.14. The molecule has 0 spiro atoms. The number of rotatable bonds is 3. The van der Waals surface area contributed by atoms with Crippen LogP contribution in [0.1, 0.15) is 15.5 Å². The van der Waals surface area contributed by atoms with Gasteiger partial charge < -0.3 is 11.5 Å². The van der Waals surface area contributed by atoms with Gasteiger partial charge in [-0.2, -0.15) is 0 Å². The summed E-state index contributed by atoms with van der Waals surface area (Å²) in [6, 6.07) is 0. The van der Waals surface area contributed by atoms with E-state index in [1.54, 1.807) is 5.38 Å². The van der Waals surface area contributed by atoms with E-state index in [0.717, 1.165) is 11.3 Å². The van der Waals surface area contributed by atoms with Crippen LogP contribution in [-0.2, 0) is 11.2 Å². The fourth-order valence-corrected chi connectivity index (χ4v) is 1.35. The molecule has 1 rings (SSSR count). The second kappa shape index (κ2) is 3.31. The van der Waals surface area contributed by atoms with Gasteiger partial charge >= 0.3 is 0 Å². The molecule has 5 nitrogen and oxygen atoms in total. The highest BCUT2D eigenvalue weighted by atomic mass is 32.1. The maximum atomic E-state index is 10.6. The maximum absolute atomic E-state index is 10.6. The molecule has 0 saturated heterocycles. The van der Waals surface area contributed by atoms with Crippen molar-refractivity contribution in [3.8, 4) is 0 Å². The van der Waals surface area contributed by atoms with Crippen LogP contribution in [0.2, 0.25) is 0 Å². The predicted molar refractivity (Wildman–Crippen MR) is 43.5 cm³/mol. The van der Waals surface area contributed by atoms with Crippen molar-refractivity contribution in [1.29, 1.82) is 0 Å². The molecule has 0 aliphatic rings. The first-order valence-electron chi connectivity index (χ1n) is 3.12. The number of nitrogens with two attached hydrogens (primary N) is 2. The highest BCUT2D eigenvalue weighted by Gasteiger charge is 2.08. The second-order valence-electron chi connectivity index (χ2n) is 2.15. The van der Waals surface area contributed by atoms with Crippen molar-refractivity contribution in [2.45, 2.75) is 6.42 Å². The van der Waals surface area contributed by atoms with Gasteiger partial charge in [-0.3, -0.25) is 9.59 Å². The van der Waals surface area contributed by atoms with Crippen molar-refractivity contribution in [1.82, 2.24) is 4.98 Å². The van der Waals surface area contributed by atoms with Gasteiger partial charge in [-0.25, -0.2) is 4.98 Å². The fraction of sp³-hybridized carbons (Fsp3) is 0.167. The van der Waals surface area contributed by atoms with Crippen LogP contribution in [0.4, 0.5) is 0 Å². The van der Waals surface area contributed by atoms with Gasteiger partial charge in [0.1, 0.15) is 0 Å². The number of carbonyl (C=O) groups is 2. The highest BCUT2D eigenvalue weighted by Crippen LogP contribution is 2.08. The first kappa shape index (κ1) is 8.66. The summed E-state index contributed by atoms with van der Waals surface area (Å²) in [4.78, 5) is 24.8. The first-order valence-corrected chi connectivity index (χ1v) is 4.00. The number of hydrogen-bond donors (Lipinski definition) is 2. The molecule has 12 heavy (non-hydrogen) atoms. The van der Waals surface area contributed by atoms with Crippen LogP contribution in [0.5, 0.6) is 0 Å². The fourth-order valence-electron chi connectivity index (χ4n) is 0.680. The minimum atomic E-state index is -0.587. The number of aromatic nitrogens is 1. The zero-order valence-corrected chi connectivity index (χ0v) is 6.93. The summed E-state index contributed by atoms with van der Waals surface area (Å²) in [5, 5.41) is 1.79. The Bertz CT molecular complexity index is 320. The van der Waals surface area contributed by atoms with E-state index in [2.05, 4.69) is 4.98 Å². The van der Waals surface area contributed by atoms with E-state index in [4.69, 9.17) is 11.5 Å². The SMILES string of the molecule is NC(=O)Cc1csc(C(N)=O)n1. The predicted octanol–water partition coefficient (Wildman–Crippen LogP) is -0.730. The van der Waals surface area contributed by atoms with E-state index in [1.165, 1.54) is 0 Å². The lowest BCUT2D eigenvalue weighted by molar-refractivity contribution is -0.117. The van der Waals surface area contributed by atoms with Gasteiger partial charge in [0.25, 0.3) is 5.91 Å². The quantitative estimate of drug-likeness (QED) is 0.649. The molecule has 0 aliphatic carbocycles. The molecule has 0 radical (unpaired) electrons. The molecule has 0 atom stereocenters. The largest absolute Gasteiger partial charge is 0.369 e. The van der Waals surface area contributed by atoms with Crippen LogP contribution < -0.4 is 11.5 Å². The standard InChI is InChI=1S/C6H7N3O2S/c7-4(10)1-3-2-12-6(9-3)5(8)11/h2H,1H2,(H2,7,10)(H2,8,11). The van der Waals surface area contributed by atoms with Crippen molar-refractivity contribution in [2.24, 2.45) is 11.5 Å². The Labute approximate surface area is 72.4 Å². The Morgan fingerprint density at radius 2 is 2.17 bits per heavy atom. The lowest BCUT2D eigenvalue weighted by atomic mass is 10.3. The summed E-state index contributed by atoms with van der Waals surface area (Å²) in [7, 11) is 0. The van der Waals surface area contributed by atoms with Crippen LogP contribution in [0.15, 0.2) is 5.38 Å². The van der Waals surface area contributed by atoms with Crippen molar-refractivity contribution < 1.29 is 9.59 Å². The number of hydrogen-bond acceptors (Lipinski definition) is 4. The Kier molecular flexibility index (Phi) is 2.39. The Hall–Kier alpha value is -1.43. The van der Waals surface area contributed by atoms with E-state index >= 15 is 0 Å². The van der Waals surface area contributed by atoms with E-state index in [9.17, 15) is 9.59 Å². The van der Waals surface area contributed by atoms with Crippen molar-refractivity contribution in [3.63, 3.8) is 0 Å². The zero-order valence-electron chi connectivity index (χ0n) is 6.11. The third kappa shape index (κ3) is 2.03. The molecular weight excluding hydrogens is 178 g/mol. The summed E-state index contributed by atoms with van der Waals surface area (Å²) in [6.07, 6.45) is 0.0454. The number of thiazole rings is 1. The topological polar surface area (TPSA) is 99.1 Å². The summed E-state index contributed by atoms with van der Waals surface area (Å²) in [5.41, 5.74) is 10.4. The van der Waals surface area contributed by atoms with E-state index < -0.39 is 11.8 Å². The Morgan fingerprint density at radius 3 is 2.58 bits per heavy atom. The van der Waals surface area contributed by atoms with Gasteiger partial charge in [-0.05, 0) is 0 Å². The lowest BCUT2D eigenvalue weighted by Gasteiger charge is -1.87. The van der Waals surface area contributed by atoms with Crippen molar-refractivity contribution >= 4 is 23.2 Å². The minimum absolute atomic E-state index is 0.0454. The normalized spacial score (nSPS) is 9.67. The molecule has 6 heteroatoms. The summed E-state index contributed by atoms with van der Waals surface area (Å²) in [6.45, 7) is 0. The van der Waals surface area contributed by atoms with Crippen molar-refractivity contribution in [3.05, 3.63) is 16.1 Å². The van der Waals surface area contributed by atoms with Crippen molar-refractivity contribution in [2.75, 3.05) is 0 Å². The average molecular weight is 185 g/mol. The highest BCUT2D eigenvalue weighted by molar-refractivity contribution is 7.11. The van der Waals surface area contributed by atoms with Gasteiger partial charge in [-0.15, -0.1) is 11.3 Å². The number of amides is 2. The third-order valence-corrected chi connectivity index (χ3v) is 2.02. The average Bonchev–Trinajstić information content (AvgIpc) is 2.34. The molecule has 0 bridgehead atoms. The van der Waals surface area contributed by atoms with Gasteiger partial charge in [0, 0.05) is 5.38 Å². The summed E-state index contributed by atoms with van der Waals surface area (Å²) in [5.74, 6) is -1.06. The van der Waals surface area contributed by atoms with Crippen LogP contribution in [0.25, 0.3) is 0 Å². The van der Waals surface area contributed by atoms with E-state index in [-0.39, 0.29) is 11.4 Å². The van der Waals surface area contributed by atoms with Crippen LogP contribution in [0.3, 0.4) is 0 Å². The molecule has 0 unspecified atom stereocenters. The minimum Gasteiger partial charge on any atom is -0.369 e. The molecule has 0 aromatic carbocycles. The lowest BCUT2D eigenvalue weighted by Crippen LogP contribution is -2.15. The molecular formula is C6H7N3O2S. The maximum Gasteiger partial charge on any atom is 0.277 e. The number of nitrogens with zero attached hydrogens (tertiary/aromatic N) is 1. The number of carbonyl (C=O) groups excluding carboxylic acids is 2. The Morgan fingerprint density at radius 1 is 1.50 bits per heavy atom. The van der Waals surface area contributed by atoms with Crippen LogP contribution in [-0.4, -0.2) is 16.8 Å². The Balaban J connectivity index is 2.77. The molecule has 1 aromatic rings. The smallest absolute Gasteiger partial charge is 0.277 e. The van der Waals surface area contributed by atoms with Crippen LogP contribution >= 0.6 is 11.3 Å². The second-order valence-corrected chi connectivity index (χ2v) is 3.01. The molecule has 0 aliphatic heterocycles. The van der Waals surface area contributed by atoms with Crippen LogP contribution in [0, 0.1) is 0 Å². The third-order valence-electron chi connectivity index (χ3n) is 1.12. The summed E-state index contributed by atoms with van der Waals surface area (Å²) >= 11 is 1.11. The molecule has 0 saturated carbocycles. The van der Waals surface area contributed by atoms with Gasteiger partial charge in [0.2, 0.25) is 5.91 Å². The number of primary amides is 2. The molecule has 4 N–H and O–H groups in total. The molecule has 2 amide bonds. The van der Waals surface area contributed by atoms with Gasteiger partial charge in [0.05, 0.1) is 12.1 Å². The molecule has 0 fully saturated rings. The summed E-state index contributed by atoms with van der Waals surface area (Å²) < 4.78 is 0.